The van der Waals surface area contributed by atoms with Gasteiger partial charge in [0, 0.05) is 6.42 Å². The maximum Gasteiger partial charge on any atom is 0.266 e. The van der Waals surface area contributed by atoms with E-state index in [-0.39, 0.29) is 5.91 Å². The van der Waals surface area contributed by atoms with Gasteiger partial charge in [0.2, 0.25) is 5.91 Å². The van der Waals surface area contributed by atoms with Crippen molar-refractivity contribution in [1.82, 2.24) is 5.32 Å². The van der Waals surface area contributed by atoms with Gasteiger partial charge in [0.05, 0.1) is 17.9 Å². The first kappa shape index (κ1) is 44.8. The monoisotopic (exact) mass is 670 g/mol. The minimum Gasteiger partial charge on any atom is -0.391 e. The van der Waals surface area contributed by atoms with E-state index in [1.807, 2.05) is 0 Å². The number of aliphatic hydroxyl groups is 1. The second kappa shape index (κ2) is 33.7. The van der Waals surface area contributed by atoms with Gasteiger partial charge in [0.1, 0.15) is 0 Å². The highest BCUT2D eigenvalue weighted by atomic mass is 32.2. The van der Waals surface area contributed by atoms with Crippen LogP contribution in [-0.4, -0.2) is 41.9 Å². The van der Waals surface area contributed by atoms with E-state index in [4.69, 9.17) is 0 Å². The lowest BCUT2D eigenvalue weighted by Gasteiger charge is -2.23. The zero-order valence-corrected chi connectivity index (χ0v) is 31.0. The minimum absolute atomic E-state index is 0.251. The SMILES string of the molecule is CCCCC/C=C\C/C=C\CCCCCCCCCCCC(=O)NC(CS(=O)(=O)O)C(O)CCCCCCCCCCCCCC. The van der Waals surface area contributed by atoms with E-state index in [2.05, 4.69) is 43.5 Å². The molecule has 2 unspecified atom stereocenters. The van der Waals surface area contributed by atoms with Gasteiger partial charge in [0.25, 0.3) is 10.1 Å². The van der Waals surface area contributed by atoms with Crippen LogP contribution in [0.2, 0.25) is 0 Å². The van der Waals surface area contributed by atoms with Crippen LogP contribution in [0.25, 0.3) is 0 Å². The minimum atomic E-state index is -4.30. The van der Waals surface area contributed by atoms with E-state index in [1.54, 1.807) is 0 Å². The van der Waals surface area contributed by atoms with Crippen LogP contribution in [0.1, 0.15) is 200 Å². The number of hydrogen-bond acceptors (Lipinski definition) is 4. The van der Waals surface area contributed by atoms with E-state index in [9.17, 15) is 22.9 Å². The largest absolute Gasteiger partial charge is 0.391 e. The maximum atomic E-state index is 12.5. The Morgan fingerprint density at radius 3 is 1.46 bits per heavy atom. The van der Waals surface area contributed by atoms with E-state index in [0.717, 1.165) is 44.9 Å². The van der Waals surface area contributed by atoms with Crippen molar-refractivity contribution in [3.63, 3.8) is 0 Å². The Kier molecular flexibility index (Phi) is 32.8. The number of rotatable bonds is 35. The van der Waals surface area contributed by atoms with Gasteiger partial charge < -0.3 is 10.4 Å². The average Bonchev–Trinajstić information content (AvgIpc) is 3.01. The van der Waals surface area contributed by atoms with Gasteiger partial charge in [-0.25, -0.2) is 0 Å². The zero-order valence-electron chi connectivity index (χ0n) is 30.2. The molecular formula is C39H75NO5S. The molecule has 0 rings (SSSR count). The average molecular weight is 670 g/mol. The fraction of sp³-hybridized carbons (Fsp3) is 0.872. The van der Waals surface area contributed by atoms with Gasteiger partial charge >= 0.3 is 0 Å². The molecule has 0 saturated heterocycles. The summed E-state index contributed by atoms with van der Waals surface area (Å²) < 4.78 is 32.4. The molecule has 0 aromatic rings. The molecule has 3 N–H and O–H groups in total. The number of hydrogen-bond donors (Lipinski definition) is 3. The van der Waals surface area contributed by atoms with E-state index in [1.165, 1.54) is 128 Å². The topological polar surface area (TPSA) is 104 Å². The molecule has 0 aliphatic heterocycles. The molecule has 0 saturated carbocycles. The highest BCUT2D eigenvalue weighted by Crippen LogP contribution is 2.15. The Morgan fingerprint density at radius 2 is 0.978 bits per heavy atom. The highest BCUT2D eigenvalue weighted by Gasteiger charge is 2.26. The van der Waals surface area contributed by atoms with Crippen LogP contribution in [-0.2, 0) is 14.9 Å². The van der Waals surface area contributed by atoms with Gasteiger partial charge in [-0.15, -0.1) is 0 Å². The molecule has 0 aliphatic carbocycles. The summed E-state index contributed by atoms with van der Waals surface area (Å²) in [6, 6.07) is -0.970. The summed E-state index contributed by atoms with van der Waals surface area (Å²) in [6.07, 6.45) is 41.2. The third-order valence-electron chi connectivity index (χ3n) is 8.91. The van der Waals surface area contributed by atoms with Crippen LogP contribution >= 0.6 is 0 Å². The van der Waals surface area contributed by atoms with Crippen molar-refractivity contribution in [2.24, 2.45) is 0 Å². The van der Waals surface area contributed by atoms with Crippen molar-refractivity contribution in [3.8, 4) is 0 Å². The predicted molar refractivity (Wildman–Crippen MR) is 198 cm³/mol. The molecule has 0 heterocycles. The molecule has 0 aromatic carbocycles. The van der Waals surface area contributed by atoms with E-state index < -0.39 is 28.0 Å². The van der Waals surface area contributed by atoms with Crippen LogP contribution in [0.15, 0.2) is 24.3 Å². The standard InChI is InChI=1S/C39H75NO5S/c1-3-5-7-9-11-13-15-17-18-19-20-21-22-23-25-27-29-31-33-35-39(42)40-37(36-46(43,44)45)38(41)34-32-30-28-26-24-16-14-12-10-8-6-4-2/h11,13,17-18,37-38,41H,3-10,12,14-16,19-36H2,1-2H3,(H,40,42)(H,43,44,45)/b13-11-,18-17-. The summed E-state index contributed by atoms with van der Waals surface area (Å²) >= 11 is 0. The summed E-state index contributed by atoms with van der Waals surface area (Å²) in [4.78, 5) is 12.5. The van der Waals surface area contributed by atoms with Gasteiger partial charge in [-0.2, -0.15) is 8.42 Å². The summed E-state index contributed by atoms with van der Waals surface area (Å²) in [5.41, 5.74) is 0. The Hall–Kier alpha value is -1.18. The molecule has 0 aromatic heterocycles. The second-order valence-corrected chi connectivity index (χ2v) is 15.1. The Bertz CT molecular complexity index is 826. The molecule has 0 bridgehead atoms. The number of unbranched alkanes of at least 4 members (excludes halogenated alkanes) is 23. The fourth-order valence-electron chi connectivity index (χ4n) is 5.95. The molecule has 0 aliphatic rings. The van der Waals surface area contributed by atoms with Crippen LogP contribution in [0.4, 0.5) is 0 Å². The molecule has 0 radical (unpaired) electrons. The van der Waals surface area contributed by atoms with Crippen molar-refractivity contribution in [2.45, 2.75) is 212 Å². The van der Waals surface area contributed by atoms with E-state index >= 15 is 0 Å². The summed E-state index contributed by atoms with van der Waals surface area (Å²) in [5, 5.41) is 13.3. The number of allylic oxidation sites excluding steroid dienone is 4. The quantitative estimate of drug-likeness (QED) is 0.0354. The van der Waals surface area contributed by atoms with Gasteiger partial charge in [-0.3, -0.25) is 9.35 Å². The van der Waals surface area contributed by atoms with Gasteiger partial charge in [-0.1, -0.05) is 173 Å². The number of carbonyl (C=O) groups excluding carboxylic acids is 1. The summed E-state index contributed by atoms with van der Waals surface area (Å²) in [6.45, 7) is 4.48. The number of carbonyl (C=O) groups is 1. The molecule has 7 heteroatoms. The normalized spacial score (nSPS) is 13.6. The first-order valence-electron chi connectivity index (χ1n) is 19.5. The third kappa shape index (κ3) is 34.2. The summed E-state index contributed by atoms with van der Waals surface area (Å²) in [7, 11) is -4.30. The maximum absolute atomic E-state index is 12.5. The third-order valence-corrected chi connectivity index (χ3v) is 9.69. The van der Waals surface area contributed by atoms with Crippen molar-refractivity contribution in [3.05, 3.63) is 24.3 Å². The molecular weight excluding hydrogens is 594 g/mol. The zero-order chi connectivity index (χ0) is 34.0. The number of amides is 1. The van der Waals surface area contributed by atoms with Crippen LogP contribution in [0.5, 0.6) is 0 Å². The molecule has 2 atom stereocenters. The van der Waals surface area contributed by atoms with Gasteiger partial charge in [-0.05, 0) is 44.9 Å². The Morgan fingerprint density at radius 1 is 0.587 bits per heavy atom. The molecule has 46 heavy (non-hydrogen) atoms. The smallest absolute Gasteiger partial charge is 0.266 e. The first-order valence-corrected chi connectivity index (χ1v) is 21.1. The summed E-state index contributed by atoms with van der Waals surface area (Å²) in [5.74, 6) is -0.898. The molecule has 272 valence electrons. The highest BCUT2D eigenvalue weighted by molar-refractivity contribution is 7.85. The lowest BCUT2D eigenvalue weighted by atomic mass is 10.0. The van der Waals surface area contributed by atoms with Crippen LogP contribution in [0, 0.1) is 0 Å². The first-order chi connectivity index (χ1) is 22.3. The van der Waals surface area contributed by atoms with Crippen molar-refractivity contribution in [2.75, 3.05) is 5.75 Å². The molecule has 6 nitrogen and oxygen atoms in total. The molecule has 1 amide bonds. The van der Waals surface area contributed by atoms with E-state index in [0.29, 0.717) is 12.8 Å². The number of aliphatic hydroxyl groups excluding tert-OH is 1. The van der Waals surface area contributed by atoms with Crippen molar-refractivity contribution < 1.29 is 22.9 Å². The number of nitrogens with one attached hydrogen (secondary N) is 1. The van der Waals surface area contributed by atoms with Crippen LogP contribution in [0.3, 0.4) is 0 Å². The molecule has 0 spiro atoms. The van der Waals surface area contributed by atoms with Crippen molar-refractivity contribution in [1.29, 1.82) is 0 Å². The van der Waals surface area contributed by atoms with Crippen LogP contribution < -0.4 is 5.32 Å². The Balaban J connectivity index is 3.86. The van der Waals surface area contributed by atoms with Crippen molar-refractivity contribution >= 4 is 16.0 Å². The second-order valence-electron chi connectivity index (χ2n) is 13.6. The Labute approximate surface area is 285 Å². The fourth-order valence-corrected chi connectivity index (χ4v) is 6.71. The molecule has 0 fully saturated rings. The lowest BCUT2D eigenvalue weighted by molar-refractivity contribution is -0.122. The lowest BCUT2D eigenvalue weighted by Crippen LogP contribution is -2.47. The van der Waals surface area contributed by atoms with Gasteiger partial charge in [0.15, 0.2) is 0 Å². The predicted octanol–water partition coefficient (Wildman–Crippen LogP) is 11.2.